The predicted molar refractivity (Wildman–Crippen MR) is 71.5 cm³/mol. The van der Waals surface area contributed by atoms with Gasteiger partial charge >= 0.3 is 0 Å². The highest BCUT2D eigenvalue weighted by Gasteiger charge is 2.26. The summed E-state index contributed by atoms with van der Waals surface area (Å²) < 4.78 is 24.6. The Balaban J connectivity index is 2.22. The quantitative estimate of drug-likeness (QED) is 0.808. The number of sulfone groups is 1. The van der Waals surface area contributed by atoms with Crippen molar-refractivity contribution in [2.24, 2.45) is 0 Å². The van der Waals surface area contributed by atoms with Crippen molar-refractivity contribution in [3.05, 3.63) is 11.9 Å². The minimum Gasteiger partial charge on any atom is -0.396 e. The fourth-order valence-corrected chi connectivity index (χ4v) is 3.44. The zero-order valence-corrected chi connectivity index (χ0v) is 11.7. The van der Waals surface area contributed by atoms with E-state index in [2.05, 4.69) is 5.10 Å². The Hall–Kier alpha value is -1.57. The number of aromatic nitrogens is 2. The maximum Gasteiger partial charge on any atom is 0.274 e. The minimum atomic E-state index is -3.03. The topological polar surface area (TPSA) is 98.3 Å². The van der Waals surface area contributed by atoms with E-state index in [1.54, 1.807) is 4.90 Å². The van der Waals surface area contributed by atoms with Gasteiger partial charge in [-0.05, 0) is 13.3 Å². The summed E-state index contributed by atoms with van der Waals surface area (Å²) in [6.45, 7) is 3.07. The van der Waals surface area contributed by atoms with Gasteiger partial charge in [-0.1, -0.05) is 0 Å². The lowest BCUT2D eigenvalue weighted by Gasteiger charge is -2.20. The number of carbonyl (C=O) groups excluding carboxylic acids is 1. The standard InChI is InChI=1S/C11H18N4O3S/c1-2-15-10(9(12)8-13-15)11(16)14-4-3-6-19(17,18)7-5-14/h8H,2-7,12H2,1H3. The molecule has 106 valence electrons. The molecule has 1 aliphatic heterocycles. The molecule has 1 aromatic heterocycles. The molecule has 1 fully saturated rings. The van der Waals surface area contributed by atoms with Gasteiger partial charge in [-0.2, -0.15) is 5.10 Å². The second-order valence-corrected chi connectivity index (χ2v) is 6.87. The van der Waals surface area contributed by atoms with Crippen molar-refractivity contribution in [2.45, 2.75) is 19.9 Å². The Bertz CT molecular complexity index is 579. The molecule has 2 heterocycles. The molecule has 19 heavy (non-hydrogen) atoms. The molecule has 0 aliphatic carbocycles. The maximum atomic E-state index is 12.4. The second kappa shape index (κ2) is 5.20. The van der Waals surface area contributed by atoms with E-state index < -0.39 is 9.84 Å². The van der Waals surface area contributed by atoms with Gasteiger partial charge in [0.05, 0.1) is 23.4 Å². The predicted octanol–water partition coefficient (Wildman–Crippen LogP) is -0.254. The van der Waals surface area contributed by atoms with E-state index in [1.807, 2.05) is 6.92 Å². The van der Waals surface area contributed by atoms with Crippen LogP contribution in [0.1, 0.15) is 23.8 Å². The van der Waals surface area contributed by atoms with Gasteiger partial charge in [0.25, 0.3) is 5.91 Å². The first-order chi connectivity index (χ1) is 8.94. The third-order valence-electron chi connectivity index (χ3n) is 3.21. The molecule has 0 atom stereocenters. The van der Waals surface area contributed by atoms with Crippen LogP contribution in [0.5, 0.6) is 0 Å². The van der Waals surface area contributed by atoms with Gasteiger partial charge in [0.1, 0.15) is 5.69 Å². The Kier molecular flexibility index (Phi) is 3.79. The molecule has 0 aromatic carbocycles. The van der Waals surface area contributed by atoms with Crippen LogP contribution in [-0.2, 0) is 16.4 Å². The number of nitrogens with zero attached hydrogens (tertiary/aromatic N) is 3. The third-order valence-corrected chi connectivity index (χ3v) is 4.93. The number of nitrogens with two attached hydrogens (primary N) is 1. The Labute approximate surface area is 112 Å². The number of hydrogen-bond donors (Lipinski definition) is 1. The average Bonchev–Trinajstić information content (AvgIpc) is 2.63. The summed E-state index contributed by atoms with van der Waals surface area (Å²) >= 11 is 0. The monoisotopic (exact) mass is 286 g/mol. The molecular weight excluding hydrogens is 268 g/mol. The van der Waals surface area contributed by atoms with Crippen LogP contribution in [0.2, 0.25) is 0 Å². The van der Waals surface area contributed by atoms with Gasteiger partial charge in [0.2, 0.25) is 0 Å². The lowest BCUT2D eigenvalue weighted by molar-refractivity contribution is 0.0757. The van der Waals surface area contributed by atoms with Gasteiger partial charge < -0.3 is 10.6 Å². The van der Waals surface area contributed by atoms with Crippen LogP contribution in [0.4, 0.5) is 5.69 Å². The summed E-state index contributed by atoms with van der Waals surface area (Å²) in [4.78, 5) is 14.0. The molecule has 1 saturated heterocycles. The largest absolute Gasteiger partial charge is 0.396 e. The van der Waals surface area contributed by atoms with E-state index in [0.29, 0.717) is 30.9 Å². The number of carbonyl (C=O) groups is 1. The molecule has 7 nitrogen and oxygen atoms in total. The second-order valence-electron chi connectivity index (χ2n) is 4.56. The van der Waals surface area contributed by atoms with Crippen molar-refractivity contribution in [1.29, 1.82) is 0 Å². The summed E-state index contributed by atoms with van der Waals surface area (Å²) in [6.07, 6.45) is 1.92. The van der Waals surface area contributed by atoms with E-state index in [0.717, 1.165) is 0 Å². The molecule has 0 spiro atoms. The molecule has 2 N–H and O–H groups in total. The molecule has 8 heteroatoms. The maximum absolute atomic E-state index is 12.4. The van der Waals surface area contributed by atoms with Crippen molar-refractivity contribution in [1.82, 2.24) is 14.7 Å². The van der Waals surface area contributed by atoms with E-state index in [9.17, 15) is 13.2 Å². The molecular formula is C11H18N4O3S. The van der Waals surface area contributed by atoms with Gasteiger partial charge in [-0.25, -0.2) is 8.42 Å². The Morgan fingerprint density at radius 1 is 1.42 bits per heavy atom. The van der Waals surface area contributed by atoms with Crippen molar-refractivity contribution in [2.75, 3.05) is 30.3 Å². The summed E-state index contributed by atoms with van der Waals surface area (Å²) in [5.74, 6) is -0.0907. The van der Waals surface area contributed by atoms with Crippen molar-refractivity contribution in [3.8, 4) is 0 Å². The van der Waals surface area contributed by atoms with Gasteiger partial charge in [-0.3, -0.25) is 9.48 Å². The van der Waals surface area contributed by atoms with E-state index in [1.165, 1.54) is 10.9 Å². The van der Waals surface area contributed by atoms with Gasteiger partial charge in [0.15, 0.2) is 9.84 Å². The Morgan fingerprint density at radius 3 is 2.84 bits per heavy atom. The highest BCUT2D eigenvalue weighted by molar-refractivity contribution is 7.91. The molecule has 2 rings (SSSR count). The highest BCUT2D eigenvalue weighted by Crippen LogP contribution is 2.16. The highest BCUT2D eigenvalue weighted by atomic mass is 32.2. The fourth-order valence-electron chi connectivity index (χ4n) is 2.16. The first kappa shape index (κ1) is 13.9. The van der Waals surface area contributed by atoms with E-state index in [4.69, 9.17) is 5.73 Å². The zero-order valence-electron chi connectivity index (χ0n) is 10.9. The molecule has 1 aliphatic rings. The molecule has 0 unspecified atom stereocenters. The number of anilines is 1. The lowest BCUT2D eigenvalue weighted by Crippen LogP contribution is -2.35. The first-order valence-electron chi connectivity index (χ1n) is 6.25. The number of rotatable bonds is 2. The third kappa shape index (κ3) is 2.89. The van der Waals surface area contributed by atoms with Crippen LogP contribution >= 0.6 is 0 Å². The first-order valence-corrected chi connectivity index (χ1v) is 8.07. The van der Waals surface area contributed by atoms with Gasteiger partial charge in [0, 0.05) is 19.6 Å². The van der Waals surface area contributed by atoms with Crippen LogP contribution in [0.3, 0.4) is 0 Å². The van der Waals surface area contributed by atoms with Crippen molar-refractivity contribution in [3.63, 3.8) is 0 Å². The lowest BCUT2D eigenvalue weighted by atomic mass is 10.3. The smallest absolute Gasteiger partial charge is 0.274 e. The summed E-state index contributed by atoms with van der Waals surface area (Å²) in [7, 11) is -3.03. The average molecular weight is 286 g/mol. The molecule has 1 aromatic rings. The minimum absolute atomic E-state index is 0.0128. The molecule has 0 bridgehead atoms. The SMILES string of the molecule is CCn1ncc(N)c1C(=O)N1CCCS(=O)(=O)CC1. The van der Waals surface area contributed by atoms with Gasteiger partial charge in [-0.15, -0.1) is 0 Å². The van der Waals surface area contributed by atoms with Crippen LogP contribution < -0.4 is 5.73 Å². The number of nitrogen functional groups attached to an aromatic ring is 1. The van der Waals surface area contributed by atoms with Crippen LogP contribution in [-0.4, -0.2) is 53.6 Å². The number of hydrogen-bond acceptors (Lipinski definition) is 5. The summed E-state index contributed by atoms with van der Waals surface area (Å²) in [5.41, 5.74) is 6.45. The van der Waals surface area contributed by atoms with Crippen molar-refractivity contribution < 1.29 is 13.2 Å². The fraction of sp³-hybridized carbons (Fsp3) is 0.636. The zero-order chi connectivity index (χ0) is 14.0. The summed E-state index contributed by atoms with van der Waals surface area (Å²) in [6, 6.07) is 0. The normalized spacial score (nSPS) is 19.1. The number of aryl methyl sites for hydroxylation is 1. The van der Waals surface area contributed by atoms with Crippen molar-refractivity contribution >= 4 is 21.4 Å². The molecule has 0 radical (unpaired) electrons. The van der Waals surface area contributed by atoms with Crippen LogP contribution in [0, 0.1) is 0 Å². The van der Waals surface area contributed by atoms with E-state index >= 15 is 0 Å². The Morgan fingerprint density at radius 2 is 2.16 bits per heavy atom. The number of amides is 1. The van der Waals surface area contributed by atoms with Crippen LogP contribution in [0.25, 0.3) is 0 Å². The van der Waals surface area contributed by atoms with Crippen LogP contribution in [0.15, 0.2) is 6.20 Å². The summed E-state index contributed by atoms with van der Waals surface area (Å²) in [5, 5.41) is 4.03. The molecule has 0 saturated carbocycles. The van der Waals surface area contributed by atoms with E-state index in [-0.39, 0.29) is 24.0 Å². The molecule has 1 amide bonds.